The number of rotatable bonds is 0. The predicted molar refractivity (Wildman–Crippen MR) is 47.8 cm³/mol. The van der Waals surface area contributed by atoms with Gasteiger partial charge in [0.05, 0.1) is 19.3 Å². The quantitative estimate of drug-likeness (QED) is 0.629. The summed E-state index contributed by atoms with van der Waals surface area (Å²) in [4.78, 5) is 0. The van der Waals surface area contributed by atoms with Crippen LogP contribution in [-0.2, 0) is 11.3 Å². The molecule has 0 aliphatic carbocycles. The van der Waals surface area contributed by atoms with Crippen molar-refractivity contribution >= 4 is 0 Å². The van der Waals surface area contributed by atoms with Crippen LogP contribution >= 0.6 is 0 Å². The Balaban J connectivity index is 2.47. The van der Waals surface area contributed by atoms with Gasteiger partial charge in [0, 0.05) is 0 Å². The summed E-state index contributed by atoms with van der Waals surface area (Å²) < 4.78 is 5.32. The maximum atomic E-state index is 5.89. The second-order valence-corrected chi connectivity index (χ2v) is 3.32. The lowest BCUT2D eigenvalue weighted by Crippen LogP contribution is -2.23. The molecule has 0 saturated carbocycles. The average molecular weight is 163 g/mol. The van der Waals surface area contributed by atoms with Crippen molar-refractivity contribution in [3.05, 3.63) is 34.9 Å². The fraction of sp³-hybridized carbons (Fsp3) is 0.400. The van der Waals surface area contributed by atoms with Gasteiger partial charge in [-0.3, -0.25) is 0 Å². The fourth-order valence-corrected chi connectivity index (χ4v) is 1.58. The minimum atomic E-state index is 0.0636. The van der Waals surface area contributed by atoms with Gasteiger partial charge in [0.15, 0.2) is 0 Å². The molecule has 0 fully saturated rings. The first-order valence-electron chi connectivity index (χ1n) is 4.20. The molecule has 1 aromatic carbocycles. The number of hydrogen-bond donors (Lipinski definition) is 1. The number of fused-ring (bicyclic) bond motifs is 1. The highest BCUT2D eigenvalue weighted by atomic mass is 16.5. The molecule has 0 aromatic heterocycles. The molecule has 1 unspecified atom stereocenters. The zero-order valence-electron chi connectivity index (χ0n) is 7.21. The van der Waals surface area contributed by atoms with Crippen LogP contribution in [0, 0.1) is 6.92 Å². The number of benzene rings is 1. The van der Waals surface area contributed by atoms with E-state index in [-0.39, 0.29) is 6.04 Å². The van der Waals surface area contributed by atoms with Crippen molar-refractivity contribution in [3.8, 4) is 0 Å². The third kappa shape index (κ3) is 1.24. The molecule has 64 valence electrons. The molecule has 2 N–H and O–H groups in total. The molecule has 0 amide bonds. The van der Waals surface area contributed by atoms with Gasteiger partial charge in [-0.25, -0.2) is 0 Å². The topological polar surface area (TPSA) is 35.2 Å². The maximum Gasteiger partial charge on any atom is 0.0721 e. The second-order valence-electron chi connectivity index (χ2n) is 3.32. The molecule has 0 bridgehead atoms. The molecule has 2 heteroatoms. The van der Waals surface area contributed by atoms with Crippen LogP contribution in [0.25, 0.3) is 0 Å². The fourth-order valence-electron chi connectivity index (χ4n) is 1.58. The summed E-state index contributed by atoms with van der Waals surface area (Å²) in [7, 11) is 0. The van der Waals surface area contributed by atoms with Gasteiger partial charge in [0.1, 0.15) is 0 Å². The van der Waals surface area contributed by atoms with Gasteiger partial charge < -0.3 is 10.5 Å². The zero-order valence-corrected chi connectivity index (χ0v) is 7.21. The van der Waals surface area contributed by atoms with Gasteiger partial charge in [-0.05, 0) is 18.1 Å². The molecular formula is C10H13NO. The number of ether oxygens (including phenoxy) is 1. The maximum absolute atomic E-state index is 5.89. The first-order valence-corrected chi connectivity index (χ1v) is 4.20. The largest absolute Gasteiger partial charge is 0.375 e. The summed E-state index contributed by atoms with van der Waals surface area (Å²) in [6, 6.07) is 6.42. The minimum absolute atomic E-state index is 0.0636. The van der Waals surface area contributed by atoms with Gasteiger partial charge in [-0.1, -0.05) is 23.8 Å². The summed E-state index contributed by atoms with van der Waals surface area (Å²) in [5.41, 5.74) is 9.65. The van der Waals surface area contributed by atoms with Crippen LogP contribution in [0.4, 0.5) is 0 Å². The Morgan fingerprint density at radius 1 is 1.50 bits per heavy atom. The molecule has 1 aliphatic rings. The van der Waals surface area contributed by atoms with Crippen molar-refractivity contribution in [3.63, 3.8) is 0 Å². The van der Waals surface area contributed by atoms with Crippen molar-refractivity contribution in [1.82, 2.24) is 0 Å². The van der Waals surface area contributed by atoms with E-state index in [1.54, 1.807) is 0 Å². The molecule has 1 aromatic rings. The van der Waals surface area contributed by atoms with E-state index >= 15 is 0 Å². The van der Waals surface area contributed by atoms with Crippen LogP contribution in [0.2, 0.25) is 0 Å². The Morgan fingerprint density at radius 3 is 3.17 bits per heavy atom. The SMILES string of the molecule is Cc1ccc2c(c1)C(N)COC2. The van der Waals surface area contributed by atoms with E-state index < -0.39 is 0 Å². The molecule has 12 heavy (non-hydrogen) atoms. The molecule has 1 aliphatic heterocycles. The van der Waals surface area contributed by atoms with Crippen molar-refractivity contribution in [2.24, 2.45) is 5.73 Å². The molecule has 2 nitrogen and oxygen atoms in total. The molecule has 1 heterocycles. The Morgan fingerprint density at radius 2 is 2.33 bits per heavy atom. The van der Waals surface area contributed by atoms with Crippen LogP contribution in [0.15, 0.2) is 18.2 Å². The average Bonchev–Trinajstić information content (AvgIpc) is 2.07. The van der Waals surface area contributed by atoms with E-state index in [1.807, 2.05) is 0 Å². The molecule has 1 atom stereocenters. The van der Waals surface area contributed by atoms with Crippen LogP contribution in [0.5, 0.6) is 0 Å². The Hall–Kier alpha value is -0.860. The number of hydrogen-bond acceptors (Lipinski definition) is 2. The number of aryl methyl sites for hydroxylation is 1. The van der Waals surface area contributed by atoms with Crippen molar-refractivity contribution < 1.29 is 4.74 Å². The van der Waals surface area contributed by atoms with Gasteiger partial charge in [-0.2, -0.15) is 0 Å². The number of nitrogens with two attached hydrogens (primary N) is 1. The Labute approximate surface area is 72.3 Å². The van der Waals surface area contributed by atoms with Crippen LogP contribution in [0.1, 0.15) is 22.7 Å². The van der Waals surface area contributed by atoms with E-state index in [1.165, 1.54) is 16.7 Å². The van der Waals surface area contributed by atoms with Crippen LogP contribution < -0.4 is 5.73 Å². The summed E-state index contributed by atoms with van der Waals surface area (Å²) >= 11 is 0. The van der Waals surface area contributed by atoms with Crippen LogP contribution in [0.3, 0.4) is 0 Å². The smallest absolute Gasteiger partial charge is 0.0721 e. The summed E-state index contributed by atoms with van der Waals surface area (Å²) in [5, 5.41) is 0. The molecule has 0 saturated heterocycles. The summed E-state index contributed by atoms with van der Waals surface area (Å²) in [6.07, 6.45) is 0. The highest BCUT2D eigenvalue weighted by Gasteiger charge is 2.16. The van der Waals surface area contributed by atoms with E-state index in [4.69, 9.17) is 10.5 Å². The zero-order chi connectivity index (χ0) is 8.55. The minimum Gasteiger partial charge on any atom is -0.375 e. The van der Waals surface area contributed by atoms with Crippen molar-refractivity contribution in [1.29, 1.82) is 0 Å². The summed E-state index contributed by atoms with van der Waals surface area (Å²) in [6.45, 7) is 3.45. The Kier molecular flexibility index (Phi) is 1.87. The predicted octanol–water partition coefficient (Wildman–Crippen LogP) is 1.53. The Bertz CT molecular complexity index is 296. The lowest BCUT2D eigenvalue weighted by molar-refractivity contribution is 0.0924. The first kappa shape index (κ1) is 7.77. The summed E-state index contributed by atoms with van der Waals surface area (Å²) in [5.74, 6) is 0. The van der Waals surface area contributed by atoms with Gasteiger partial charge in [0.25, 0.3) is 0 Å². The van der Waals surface area contributed by atoms with E-state index in [2.05, 4.69) is 25.1 Å². The monoisotopic (exact) mass is 163 g/mol. The van der Waals surface area contributed by atoms with Crippen molar-refractivity contribution in [2.45, 2.75) is 19.6 Å². The van der Waals surface area contributed by atoms with Gasteiger partial charge in [0.2, 0.25) is 0 Å². The highest BCUT2D eigenvalue weighted by molar-refractivity contribution is 5.34. The second kappa shape index (κ2) is 2.88. The van der Waals surface area contributed by atoms with E-state index in [0.29, 0.717) is 13.2 Å². The molecule has 0 radical (unpaired) electrons. The molecule has 0 spiro atoms. The molecular weight excluding hydrogens is 150 g/mol. The van der Waals surface area contributed by atoms with Crippen molar-refractivity contribution in [2.75, 3.05) is 6.61 Å². The molecule has 2 rings (SSSR count). The standard InChI is InChI=1S/C10H13NO/c1-7-2-3-8-5-12-6-10(11)9(8)4-7/h2-4,10H,5-6,11H2,1H3. The first-order chi connectivity index (χ1) is 5.77. The highest BCUT2D eigenvalue weighted by Crippen LogP contribution is 2.23. The lowest BCUT2D eigenvalue weighted by Gasteiger charge is -2.22. The normalized spacial score (nSPS) is 22.0. The third-order valence-electron chi connectivity index (χ3n) is 2.26. The lowest BCUT2D eigenvalue weighted by atomic mass is 9.98. The van der Waals surface area contributed by atoms with E-state index in [0.717, 1.165) is 0 Å². The third-order valence-corrected chi connectivity index (χ3v) is 2.26. The van der Waals surface area contributed by atoms with Gasteiger partial charge >= 0.3 is 0 Å². The van der Waals surface area contributed by atoms with Crippen LogP contribution in [-0.4, -0.2) is 6.61 Å². The van der Waals surface area contributed by atoms with E-state index in [9.17, 15) is 0 Å². The van der Waals surface area contributed by atoms with Gasteiger partial charge in [-0.15, -0.1) is 0 Å².